The molecule has 0 radical (unpaired) electrons. The Labute approximate surface area is 143 Å². The molecule has 0 N–H and O–H groups in total. The molecule has 2 rings (SSSR count). The Morgan fingerprint density at radius 1 is 1.15 bits per heavy atom. The summed E-state index contributed by atoms with van der Waals surface area (Å²) in [6.45, 7) is 6.37. The topological polar surface area (TPSA) is 25.8 Å². The van der Waals surface area contributed by atoms with Gasteiger partial charge in [-0.05, 0) is 40.3 Å². The second-order valence-corrected chi connectivity index (χ2v) is 7.52. The fraction of sp³-hybridized carbons (Fsp3) is 0.333. The predicted octanol–water partition coefficient (Wildman–Crippen LogP) is 5.28. The van der Waals surface area contributed by atoms with Crippen molar-refractivity contribution in [2.75, 3.05) is 0 Å². The molecule has 1 aromatic carbocycles. The van der Waals surface area contributed by atoms with Crippen LogP contribution in [0.15, 0.2) is 24.3 Å². The number of hydrogen-bond donors (Lipinski definition) is 0. The second kappa shape index (κ2) is 6.16. The van der Waals surface area contributed by atoms with Crippen molar-refractivity contribution in [3.05, 3.63) is 55.1 Å². The first-order valence-electron chi connectivity index (χ1n) is 6.24. The van der Waals surface area contributed by atoms with Gasteiger partial charge >= 0.3 is 0 Å². The van der Waals surface area contributed by atoms with Gasteiger partial charge < -0.3 is 0 Å². The maximum atomic E-state index is 6.24. The molecule has 20 heavy (non-hydrogen) atoms. The van der Waals surface area contributed by atoms with Gasteiger partial charge in [-0.15, -0.1) is 0 Å². The standard InChI is InChI=1S/C15H15Cl2IN2/c1-15(2,3)13-12(18)14(17)20-11(19-13)8-9-5-4-6-10(16)7-9/h4-7H,8H2,1-3H3. The maximum absolute atomic E-state index is 6.24. The van der Waals surface area contributed by atoms with Gasteiger partial charge in [0.2, 0.25) is 0 Å². The SMILES string of the molecule is CC(C)(C)c1nc(Cc2cccc(Cl)c2)nc(Cl)c1I. The summed E-state index contributed by atoms with van der Waals surface area (Å²) in [5.74, 6) is 0.725. The molecule has 0 fully saturated rings. The third-order valence-corrected chi connectivity index (χ3v) is 4.67. The van der Waals surface area contributed by atoms with Crippen molar-refractivity contribution in [1.82, 2.24) is 9.97 Å². The molecule has 0 saturated heterocycles. The zero-order valence-corrected chi connectivity index (χ0v) is 15.2. The van der Waals surface area contributed by atoms with Crippen molar-refractivity contribution >= 4 is 45.8 Å². The molecule has 0 aliphatic heterocycles. The molecule has 5 heteroatoms. The van der Waals surface area contributed by atoms with E-state index in [1.807, 2.05) is 24.3 Å². The highest BCUT2D eigenvalue weighted by Gasteiger charge is 2.22. The Balaban J connectivity index is 2.41. The first-order valence-corrected chi connectivity index (χ1v) is 8.07. The Morgan fingerprint density at radius 2 is 1.85 bits per heavy atom. The molecule has 106 valence electrons. The average Bonchev–Trinajstić information content (AvgIpc) is 2.32. The van der Waals surface area contributed by atoms with E-state index in [0.29, 0.717) is 11.6 Å². The Kier molecular flexibility index (Phi) is 4.92. The van der Waals surface area contributed by atoms with Crippen molar-refractivity contribution in [1.29, 1.82) is 0 Å². The van der Waals surface area contributed by atoms with Gasteiger partial charge in [0, 0.05) is 16.9 Å². The number of benzene rings is 1. The molecule has 0 atom stereocenters. The third-order valence-electron chi connectivity index (χ3n) is 2.82. The number of halogens is 3. The molecule has 0 spiro atoms. The minimum Gasteiger partial charge on any atom is -0.236 e. The first-order chi connectivity index (χ1) is 9.27. The first kappa shape index (κ1) is 16.0. The molecular formula is C15H15Cl2IN2. The van der Waals surface area contributed by atoms with E-state index >= 15 is 0 Å². The van der Waals surface area contributed by atoms with Gasteiger partial charge in [0.15, 0.2) is 0 Å². The van der Waals surface area contributed by atoms with Crippen LogP contribution in [0.2, 0.25) is 10.2 Å². The van der Waals surface area contributed by atoms with Crippen LogP contribution in [0.5, 0.6) is 0 Å². The normalized spacial score (nSPS) is 11.7. The van der Waals surface area contributed by atoms with Crippen molar-refractivity contribution in [3.63, 3.8) is 0 Å². The van der Waals surface area contributed by atoms with E-state index in [0.717, 1.165) is 25.7 Å². The van der Waals surface area contributed by atoms with E-state index in [4.69, 9.17) is 23.2 Å². The zero-order valence-electron chi connectivity index (χ0n) is 11.5. The summed E-state index contributed by atoms with van der Waals surface area (Å²) in [5, 5.41) is 1.23. The van der Waals surface area contributed by atoms with Gasteiger partial charge in [-0.25, -0.2) is 9.97 Å². The van der Waals surface area contributed by atoms with Gasteiger partial charge in [-0.1, -0.05) is 56.1 Å². The number of rotatable bonds is 2. The van der Waals surface area contributed by atoms with Gasteiger partial charge in [0.1, 0.15) is 11.0 Å². The Bertz CT molecular complexity index is 636. The van der Waals surface area contributed by atoms with E-state index < -0.39 is 0 Å². The summed E-state index contributed by atoms with van der Waals surface area (Å²) < 4.78 is 0.923. The molecule has 2 nitrogen and oxygen atoms in total. The summed E-state index contributed by atoms with van der Waals surface area (Å²) in [7, 11) is 0. The summed E-state index contributed by atoms with van der Waals surface area (Å²) in [6.07, 6.45) is 0.625. The molecule has 0 aliphatic rings. The van der Waals surface area contributed by atoms with Crippen molar-refractivity contribution in [2.45, 2.75) is 32.6 Å². The smallest absolute Gasteiger partial charge is 0.146 e. The lowest BCUT2D eigenvalue weighted by Crippen LogP contribution is -2.18. The molecule has 0 unspecified atom stereocenters. The highest BCUT2D eigenvalue weighted by molar-refractivity contribution is 14.1. The third kappa shape index (κ3) is 3.83. The molecule has 2 aromatic rings. The highest BCUT2D eigenvalue weighted by atomic mass is 127. The number of hydrogen-bond acceptors (Lipinski definition) is 2. The van der Waals surface area contributed by atoms with E-state index in [2.05, 4.69) is 53.3 Å². The van der Waals surface area contributed by atoms with Gasteiger partial charge in [0.25, 0.3) is 0 Å². The van der Waals surface area contributed by atoms with E-state index in [-0.39, 0.29) is 5.41 Å². The highest BCUT2D eigenvalue weighted by Crippen LogP contribution is 2.29. The quantitative estimate of drug-likeness (QED) is 0.488. The van der Waals surface area contributed by atoms with Crippen LogP contribution in [0.25, 0.3) is 0 Å². The van der Waals surface area contributed by atoms with Crippen molar-refractivity contribution < 1.29 is 0 Å². The van der Waals surface area contributed by atoms with Crippen LogP contribution in [0.3, 0.4) is 0 Å². The van der Waals surface area contributed by atoms with Crippen LogP contribution < -0.4 is 0 Å². The summed E-state index contributed by atoms with van der Waals surface area (Å²) in [6, 6.07) is 7.72. The molecule has 0 saturated carbocycles. The van der Waals surface area contributed by atoms with Gasteiger partial charge in [0.05, 0.1) is 9.26 Å². The van der Waals surface area contributed by atoms with Crippen LogP contribution in [0.1, 0.15) is 37.9 Å². The van der Waals surface area contributed by atoms with E-state index in [1.54, 1.807) is 0 Å². The molecule has 0 amide bonds. The van der Waals surface area contributed by atoms with Crippen LogP contribution in [0.4, 0.5) is 0 Å². The molecule has 1 aromatic heterocycles. The predicted molar refractivity (Wildman–Crippen MR) is 92.7 cm³/mol. The molecule has 1 heterocycles. The fourth-order valence-corrected chi connectivity index (χ4v) is 3.32. The molecule has 0 aliphatic carbocycles. The minimum atomic E-state index is -0.0633. The van der Waals surface area contributed by atoms with Crippen LogP contribution in [-0.4, -0.2) is 9.97 Å². The lowest BCUT2D eigenvalue weighted by atomic mass is 9.92. The maximum Gasteiger partial charge on any atom is 0.146 e. The second-order valence-electron chi connectivity index (χ2n) is 5.65. The van der Waals surface area contributed by atoms with Crippen LogP contribution in [0, 0.1) is 3.57 Å². The van der Waals surface area contributed by atoms with Crippen LogP contribution >= 0.6 is 45.8 Å². The van der Waals surface area contributed by atoms with Crippen LogP contribution in [-0.2, 0) is 11.8 Å². The van der Waals surface area contributed by atoms with Crippen molar-refractivity contribution in [2.24, 2.45) is 0 Å². The Morgan fingerprint density at radius 3 is 2.45 bits per heavy atom. The summed E-state index contributed by atoms with van der Waals surface area (Å²) in [5.41, 5.74) is 2.00. The van der Waals surface area contributed by atoms with Gasteiger partial charge in [-0.2, -0.15) is 0 Å². The fourth-order valence-electron chi connectivity index (χ4n) is 1.87. The van der Waals surface area contributed by atoms with E-state index in [9.17, 15) is 0 Å². The lowest BCUT2D eigenvalue weighted by Gasteiger charge is -2.20. The summed E-state index contributed by atoms with van der Waals surface area (Å²) >= 11 is 14.4. The lowest BCUT2D eigenvalue weighted by molar-refractivity contribution is 0.558. The van der Waals surface area contributed by atoms with Crippen molar-refractivity contribution in [3.8, 4) is 0 Å². The largest absolute Gasteiger partial charge is 0.236 e. The van der Waals surface area contributed by atoms with E-state index in [1.165, 1.54) is 0 Å². The number of nitrogens with zero attached hydrogens (tertiary/aromatic N) is 2. The zero-order chi connectivity index (χ0) is 14.9. The Hall–Kier alpha value is -0.390. The monoisotopic (exact) mass is 420 g/mol. The van der Waals surface area contributed by atoms with Gasteiger partial charge in [-0.3, -0.25) is 0 Å². The average molecular weight is 421 g/mol. The number of aromatic nitrogens is 2. The molecular weight excluding hydrogens is 406 g/mol. The minimum absolute atomic E-state index is 0.0633. The molecule has 0 bridgehead atoms. The summed E-state index contributed by atoms with van der Waals surface area (Å²) in [4.78, 5) is 9.06.